The van der Waals surface area contributed by atoms with E-state index in [2.05, 4.69) is 20.4 Å². The molecule has 9 nitrogen and oxygen atoms in total. The van der Waals surface area contributed by atoms with Crippen molar-refractivity contribution in [2.45, 2.75) is 17.9 Å². The van der Waals surface area contributed by atoms with Crippen LogP contribution < -0.4 is 21.3 Å². The van der Waals surface area contributed by atoms with Crippen LogP contribution in [0.3, 0.4) is 0 Å². The molecule has 1 amide bonds. The first-order valence-corrected chi connectivity index (χ1v) is 7.60. The highest BCUT2D eigenvalue weighted by atomic mass is 32.2. The quantitative estimate of drug-likeness (QED) is 0.268. The molecule has 0 radical (unpaired) electrons. The monoisotopic (exact) mass is 317 g/mol. The summed E-state index contributed by atoms with van der Waals surface area (Å²) >= 11 is 0. The Bertz CT molecular complexity index is 578. The topological polar surface area (TPSA) is 135 Å². The van der Waals surface area contributed by atoms with Crippen LogP contribution in [0.1, 0.15) is 6.92 Å². The van der Waals surface area contributed by atoms with Gasteiger partial charge in [-0.2, -0.15) is 4.72 Å². The third-order valence-electron chi connectivity index (χ3n) is 2.56. The predicted octanol–water partition coefficient (Wildman–Crippen LogP) is -1.20. The second kappa shape index (κ2) is 7.88. The van der Waals surface area contributed by atoms with E-state index in [0.29, 0.717) is 13.2 Å². The molecule has 1 heterocycles. The van der Waals surface area contributed by atoms with Gasteiger partial charge in [0, 0.05) is 26.0 Å². The summed E-state index contributed by atoms with van der Waals surface area (Å²) in [6.07, 6.45) is 2.54. The molecule has 0 bridgehead atoms. The van der Waals surface area contributed by atoms with E-state index in [0.717, 1.165) is 6.20 Å². The smallest absolute Gasteiger partial charge is 0.244 e. The highest BCUT2D eigenvalue weighted by Gasteiger charge is 2.24. The lowest BCUT2D eigenvalue weighted by atomic mass is 10.3. The van der Waals surface area contributed by atoms with Crippen LogP contribution in [0.25, 0.3) is 0 Å². The van der Waals surface area contributed by atoms with Crippen molar-refractivity contribution in [2.24, 2.45) is 5.84 Å². The van der Waals surface area contributed by atoms with Gasteiger partial charge in [-0.05, 0) is 13.0 Å². The molecule has 0 saturated carbocycles. The predicted molar refractivity (Wildman–Crippen MR) is 76.7 cm³/mol. The fraction of sp³-hybridized carbons (Fsp3) is 0.455. The number of hydrazine groups is 1. The van der Waals surface area contributed by atoms with Crippen LogP contribution in [0.5, 0.6) is 0 Å². The molecule has 1 rings (SSSR count). The second-order valence-corrected chi connectivity index (χ2v) is 5.83. The standard InChI is InChI=1S/C11H19N5O4S/c1-8(11(17)14-5-6-20-2)16-21(18,19)10-7-13-4-3-9(10)15-12/h3-4,7-8,16H,5-6,12H2,1-2H3,(H,13,15)(H,14,17). The SMILES string of the molecule is COCCNC(=O)C(C)NS(=O)(=O)c1cnccc1NN. The van der Waals surface area contributed by atoms with E-state index in [9.17, 15) is 13.2 Å². The summed E-state index contributed by atoms with van der Waals surface area (Å²) in [7, 11) is -2.42. The maximum atomic E-state index is 12.2. The molecule has 1 unspecified atom stereocenters. The first-order chi connectivity index (χ1) is 9.92. The first-order valence-electron chi connectivity index (χ1n) is 6.12. The van der Waals surface area contributed by atoms with Gasteiger partial charge in [-0.15, -0.1) is 0 Å². The van der Waals surface area contributed by atoms with Crippen LogP contribution in [0.2, 0.25) is 0 Å². The molecule has 0 spiro atoms. The Morgan fingerprint density at radius 1 is 1.52 bits per heavy atom. The van der Waals surface area contributed by atoms with Crippen molar-refractivity contribution in [3.63, 3.8) is 0 Å². The Morgan fingerprint density at radius 3 is 2.86 bits per heavy atom. The Labute approximate surface area is 123 Å². The molecule has 118 valence electrons. The van der Waals surface area contributed by atoms with Crippen LogP contribution in [-0.2, 0) is 19.6 Å². The van der Waals surface area contributed by atoms with E-state index in [1.165, 1.54) is 26.3 Å². The number of nitrogens with one attached hydrogen (secondary N) is 3. The van der Waals surface area contributed by atoms with E-state index in [4.69, 9.17) is 10.6 Å². The number of hydrogen-bond acceptors (Lipinski definition) is 7. The van der Waals surface area contributed by atoms with Crippen LogP contribution in [0, 0.1) is 0 Å². The number of nitrogen functional groups attached to an aromatic ring is 1. The highest BCUT2D eigenvalue weighted by Crippen LogP contribution is 2.18. The fourth-order valence-electron chi connectivity index (χ4n) is 1.49. The average Bonchev–Trinajstić information content (AvgIpc) is 2.46. The number of methoxy groups -OCH3 is 1. The molecule has 0 aliphatic heterocycles. The number of nitrogens with two attached hydrogens (primary N) is 1. The van der Waals surface area contributed by atoms with Gasteiger partial charge in [0.1, 0.15) is 4.90 Å². The van der Waals surface area contributed by atoms with Gasteiger partial charge in [0.05, 0.1) is 18.3 Å². The minimum absolute atomic E-state index is 0.135. The van der Waals surface area contributed by atoms with Crippen LogP contribution in [0.4, 0.5) is 5.69 Å². The molecular weight excluding hydrogens is 298 g/mol. The maximum Gasteiger partial charge on any atom is 0.244 e. The fourth-order valence-corrected chi connectivity index (χ4v) is 2.81. The van der Waals surface area contributed by atoms with Gasteiger partial charge in [-0.1, -0.05) is 0 Å². The molecule has 0 aliphatic rings. The molecule has 5 N–H and O–H groups in total. The minimum Gasteiger partial charge on any atom is -0.383 e. The summed E-state index contributed by atoms with van der Waals surface area (Å²) in [5, 5.41) is 2.54. The maximum absolute atomic E-state index is 12.2. The zero-order chi connectivity index (χ0) is 15.9. The highest BCUT2D eigenvalue weighted by molar-refractivity contribution is 7.89. The summed E-state index contributed by atoms with van der Waals surface area (Å²) in [4.78, 5) is 15.3. The van der Waals surface area contributed by atoms with E-state index >= 15 is 0 Å². The molecule has 0 aliphatic carbocycles. The van der Waals surface area contributed by atoms with Crippen LogP contribution in [-0.4, -0.2) is 45.6 Å². The molecule has 21 heavy (non-hydrogen) atoms. The Balaban J connectivity index is 2.78. The third kappa shape index (κ3) is 4.93. The van der Waals surface area contributed by atoms with E-state index < -0.39 is 22.0 Å². The van der Waals surface area contributed by atoms with Crippen molar-refractivity contribution in [3.8, 4) is 0 Å². The lowest BCUT2D eigenvalue weighted by Gasteiger charge is -2.15. The molecule has 1 aromatic rings. The average molecular weight is 317 g/mol. The van der Waals surface area contributed by atoms with E-state index in [1.807, 2.05) is 0 Å². The molecule has 10 heteroatoms. The van der Waals surface area contributed by atoms with E-state index in [-0.39, 0.29) is 10.6 Å². The number of nitrogens with zero attached hydrogens (tertiary/aromatic N) is 1. The Morgan fingerprint density at radius 2 is 2.24 bits per heavy atom. The largest absolute Gasteiger partial charge is 0.383 e. The van der Waals surface area contributed by atoms with Crippen molar-refractivity contribution in [2.75, 3.05) is 25.7 Å². The van der Waals surface area contributed by atoms with Crippen molar-refractivity contribution in [1.82, 2.24) is 15.0 Å². The molecule has 0 fully saturated rings. The van der Waals surface area contributed by atoms with Crippen molar-refractivity contribution in [1.29, 1.82) is 0 Å². The zero-order valence-electron chi connectivity index (χ0n) is 11.8. The summed E-state index contributed by atoms with van der Waals surface area (Å²) in [5.74, 6) is 4.80. The second-order valence-electron chi connectivity index (χ2n) is 4.14. The first kappa shape index (κ1) is 17.3. The number of carbonyl (C=O) groups excluding carboxylic acids is 1. The molecular formula is C11H19N5O4S. The number of ether oxygens (including phenoxy) is 1. The molecule has 0 saturated heterocycles. The molecule has 1 aromatic heterocycles. The van der Waals surface area contributed by atoms with Gasteiger partial charge in [-0.3, -0.25) is 15.6 Å². The number of carbonyl (C=O) groups is 1. The summed E-state index contributed by atoms with van der Waals surface area (Å²) in [6.45, 7) is 2.07. The summed E-state index contributed by atoms with van der Waals surface area (Å²) in [5.41, 5.74) is 2.45. The van der Waals surface area contributed by atoms with Gasteiger partial charge in [0.15, 0.2) is 0 Å². The van der Waals surface area contributed by atoms with Gasteiger partial charge >= 0.3 is 0 Å². The van der Waals surface area contributed by atoms with Gasteiger partial charge < -0.3 is 15.5 Å². The number of anilines is 1. The van der Waals surface area contributed by atoms with Crippen molar-refractivity contribution in [3.05, 3.63) is 18.5 Å². The number of rotatable bonds is 8. The van der Waals surface area contributed by atoms with Gasteiger partial charge in [0.25, 0.3) is 0 Å². The normalized spacial score (nSPS) is 12.7. The number of hydrogen-bond donors (Lipinski definition) is 4. The van der Waals surface area contributed by atoms with E-state index in [1.54, 1.807) is 0 Å². The van der Waals surface area contributed by atoms with Crippen molar-refractivity contribution >= 4 is 21.6 Å². The summed E-state index contributed by atoms with van der Waals surface area (Å²) in [6, 6.07) is 0.468. The Kier molecular flexibility index (Phi) is 6.49. The zero-order valence-corrected chi connectivity index (χ0v) is 12.6. The van der Waals surface area contributed by atoms with Gasteiger partial charge in [-0.25, -0.2) is 8.42 Å². The molecule has 1 atom stereocenters. The van der Waals surface area contributed by atoms with Crippen LogP contribution in [0.15, 0.2) is 23.4 Å². The third-order valence-corrected chi connectivity index (χ3v) is 4.13. The number of pyridine rings is 1. The van der Waals surface area contributed by atoms with Crippen molar-refractivity contribution < 1.29 is 17.9 Å². The summed E-state index contributed by atoms with van der Waals surface area (Å²) < 4.78 is 31.5. The van der Waals surface area contributed by atoms with Gasteiger partial charge in [0.2, 0.25) is 15.9 Å². The Hall–Kier alpha value is -1.75. The molecule has 0 aromatic carbocycles. The minimum atomic E-state index is -3.92. The number of aromatic nitrogens is 1. The lowest BCUT2D eigenvalue weighted by Crippen LogP contribution is -2.45. The van der Waals surface area contributed by atoms with Crippen LogP contribution >= 0.6 is 0 Å². The lowest BCUT2D eigenvalue weighted by molar-refractivity contribution is -0.122. The number of sulfonamides is 1. The number of amides is 1.